The van der Waals surface area contributed by atoms with Gasteiger partial charge in [0.15, 0.2) is 23.2 Å². The number of hydrogen-bond acceptors (Lipinski definition) is 5. The Balaban J connectivity index is 0.00000385. The van der Waals surface area contributed by atoms with Crippen LogP contribution < -0.4 is 14.8 Å². The number of nitrogens with one attached hydrogen (secondary N) is 1. The Labute approximate surface area is 213 Å². The molecule has 3 rings (SSSR count). The molecule has 8 nitrogen and oxygen atoms in total. The highest BCUT2D eigenvalue weighted by Gasteiger charge is 2.27. The van der Waals surface area contributed by atoms with Gasteiger partial charge in [0.25, 0.3) is 5.91 Å². The molecule has 1 N–H and O–H groups in total. The molecule has 0 radical (unpaired) electrons. The molecule has 1 aromatic carbocycles. The molecular formula is C24H35IN4O4. The van der Waals surface area contributed by atoms with E-state index in [4.69, 9.17) is 18.9 Å². The highest BCUT2D eigenvalue weighted by Crippen LogP contribution is 2.33. The number of carbonyl (C=O) groups is 1. The first-order valence-corrected chi connectivity index (χ1v) is 11.0. The van der Waals surface area contributed by atoms with Crippen molar-refractivity contribution >= 4 is 35.8 Å². The number of methoxy groups -OCH3 is 2. The standard InChI is InChI=1S/C24H34N4O4.HI/c1-6-25-23(28-13-11-27(12-14-28)22(29)20-8-7-15-32-20)26-17-24(2,3)18-9-10-19(30-4)21(16-18)31-5;/h7-10,15-16H,6,11-14,17H2,1-5H3,(H,25,26);1H. The molecule has 1 aliphatic heterocycles. The molecule has 182 valence electrons. The van der Waals surface area contributed by atoms with Crippen LogP contribution in [0.5, 0.6) is 11.5 Å². The lowest BCUT2D eigenvalue weighted by molar-refractivity contribution is 0.0657. The second-order valence-corrected chi connectivity index (χ2v) is 8.38. The molecule has 0 unspecified atom stereocenters. The van der Waals surface area contributed by atoms with E-state index in [1.165, 1.54) is 6.26 Å². The molecule has 1 aromatic heterocycles. The van der Waals surface area contributed by atoms with E-state index in [1.807, 2.05) is 17.0 Å². The van der Waals surface area contributed by atoms with Crippen molar-refractivity contribution in [1.29, 1.82) is 0 Å². The summed E-state index contributed by atoms with van der Waals surface area (Å²) in [6.45, 7) is 10.5. The Morgan fingerprint density at radius 2 is 1.76 bits per heavy atom. The van der Waals surface area contributed by atoms with E-state index < -0.39 is 0 Å². The summed E-state index contributed by atoms with van der Waals surface area (Å²) in [6.07, 6.45) is 1.53. The summed E-state index contributed by atoms with van der Waals surface area (Å²) in [5, 5.41) is 3.40. The number of benzene rings is 1. The first-order valence-electron chi connectivity index (χ1n) is 11.0. The second-order valence-electron chi connectivity index (χ2n) is 8.38. The number of rotatable bonds is 7. The van der Waals surface area contributed by atoms with Gasteiger partial charge in [-0.2, -0.15) is 0 Å². The second kappa shape index (κ2) is 12.2. The zero-order valence-corrected chi connectivity index (χ0v) is 22.4. The van der Waals surface area contributed by atoms with Crippen molar-refractivity contribution in [1.82, 2.24) is 15.1 Å². The molecule has 2 heterocycles. The number of guanidine groups is 1. The summed E-state index contributed by atoms with van der Waals surface area (Å²) in [6, 6.07) is 9.44. The number of aliphatic imine (C=N–C) groups is 1. The van der Waals surface area contributed by atoms with Crippen molar-refractivity contribution in [3.63, 3.8) is 0 Å². The van der Waals surface area contributed by atoms with E-state index in [-0.39, 0.29) is 35.3 Å². The lowest BCUT2D eigenvalue weighted by atomic mass is 9.84. The molecule has 0 spiro atoms. The normalized spacial score (nSPS) is 14.5. The van der Waals surface area contributed by atoms with E-state index in [2.05, 4.69) is 37.1 Å². The molecule has 1 saturated heterocycles. The largest absolute Gasteiger partial charge is 0.493 e. The van der Waals surface area contributed by atoms with Gasteiger partial charge in [0.2, 0.25) is 0 Å². The lowest BCUT2D eigenvalue weighted by Crippen LogP contribution is -2.54. The summed E-state index contributed by atoms with van der Waals surface area (Å²) >= 11 is 0. The van der Waals surface area contributed by atoms with Crippen LogP contribution in [0.15, 0.2) is 46.0 Å². The fraction of sp³-hybridized carbons (Fsp3) is 0.500. The Kier molecular flexibility index (Phi) is 9.87. The smallest absolute Gasteiger partial charge is 0.289 e. The maximum Gasteiger partial charge on any atom is 0.289 e. The minimum atomic E-state index is -0.197. The fourth-order valence-electron chi connectivity index (χ4n) is 3.72. The summed E-state index contributed by atoms with van der Waals surface area (Å²) < 4.78 is 16.1. The van der Waals surface area contributed by atoms with Crippen LogP contribution in [0.3, 0.4) is 0 Å². The number of piperazine rings is 1. The van der Waals surface area contributed by atoms with Crippen LogP contribution >= 0.6 is 24.0 Å². The zero-order chi connectivity index (χ0) is 23.1. The Hall–Kier alpha value is -2.43. The van der Waals surface area contributed by atoms with E-state index in [0.29, 0.717) is 36.9 Å². The number of ether oxygens (including phenoxy) is 2. The van der Waals surface area contributed by atoms with Crippen molar-refractivity contribution in [3.05, 3.63) is 47.9 Å². The topological polar surface area (TPSA) is 79.5 Å². The van der Waals surface area contributed by atoms with Gasteiger partial charge in [-0.05, 0) is 36.8 Å². The first kappa shape index (κ1) is 26.8. The predicted molar refractivity (Wildman–Crippen MR) is 140 cm³/mol. The summed E-state index contributed by atoms with van der Waals surface area (Å²) in [5.74, 6) is 2.62. The van der Waals surface area contributed by atoms with Gasteiger partial charge in [-0.3, -0.25) is 9.79 Å². The third-order valence-electron chi connectivity index (χ3n) is 5.72. The van der Waals surface area contributed by atoms with Crippen LogP contribution in [-0.4, -0.2) is 75.2 Å². The van der Waals surface area contributed by atoms with Gasteiger partial charge in [0.1, 0.15) is 0 Å². The monoisotopic (exact) mass is 570 g/mol. The van der Waals surface area contributed by atoms with Gasteiger partial charge in [-0.15, -0.1) is 24.0 Å². The predicted octanol–water partition coefficient (Wildman–Crippen LogP) is 3.62. The zero-order valence-electron chi connectivity index (χ0n) is 20.1. The molecule has 0 bridgehead atoms. The first-order chi connectivity index (χ1) is 15.4. The average molecular weight is 570 g/mol. The summed E-state index contributed by atoms with van der Waals surface area (Å²) in [7, 11) is 3.28. The van der Waals surface area contributed by atoms with Gasteiger partial charge in [-0.25, -0.2) is 0 Å². The number of halogens is 1. The molecule has 2 aromatic rings. The van der Waals surface area contributed by atoms with Crippen LogP contribution in [-0.2, 0) is 5.41 Å². The van der Waals surface area contributed by atoms with Crippen molar-refractivity contribution < 1.29 is 18.7 Å². The SMILES string of the molecule is CCNC(=NCC(C)(C)c1ccc(OC)c(OC)c1)N1CCN(C(=O)c2ccco2)CC1.I. The molecule has 33 heavy (non-hydrogen) atoms. The van der Waals surface area contributed by atoms with Crippen molar-refractivity contribution in [2.24, 2.45) is 4.99 Å². The fourth-order valence-corrected chi connectivity index (χ4v) is 3.72. The molecule has 1 amide bonds. The number of carbonyl (C=O) groups excluding carboxylic acids is 1. The molecule has 0 saturated carbocycles. The Morgan fingerprint density at radius 3 is 2.33 bits per heavy atom. The highest BCUT2D eigenvalue weighted by molar-refractivity contribution is 14.0. The van der Waals surface area contributed by atoms with Crippen LogP contribution in [0.1, 0.15) is 36.9 Å². The van der Waals surface area contributed by atoms with Gasteiger partial charge >= 0.3 is 0 Å². The van der Waals surface area contributed by atoms with E-state index in [9.17, 15) is 4.79 Å². The molecule has 0 atom stereocenters. The summed E-state index contributed by atoms with van der Waals surface area (Å²) in [5.41, 5.74) is 0.931. The molecular weight excluding hydrogens is 535 g/mol. The maximum absolute atomic E-state index is 12.5. The molecule has 9 heteroatoms. The maximum atomic E-state index is 12.5. The van der Waals surface area contributed by atoms with Gasteiger partial charge in [-0.1, -0.05) is 19.9 Å². The third kappa shape index (κ3) is 6.55. The lowest BCUT2D eigenvalue weighted by Gasteiger charge is -2.36. The van der Waals surface area contributed by atoms with E-state index >= 15 is 0 Å². The van der Waals surface area contributed by atoms with Crippen LogP contribution in [0.25, 0.3) is 0 Å². The van der Waals surface area contributed by atoms with Crippen LogP contribution in [0.2, 0.25) is 0 Å². The van der Waals surface area contributed by atoms with E-state index in [0.717, 1.165) is 31.2 Å². The summed E-state index contributed by atoms with van der Waals surface area (Å²) in [4.78, 5) is 21.5. The number of amides is 1. The molecule has 0 aliphatic carbocycles. The van der Waals surface area contributed by atoms with Crippen molar-refractivity contribution in [2.45, 2.75) is 26.2 Å². The van der Waals surface area contributed by atoms with Crippen LogP contribution in [0.4, 0.5) is 0 Å². The van der Waals surface area contributed by atoms with Crippen molar-refractivity contribution in [3.8, 4) is 11.5 Å². The number of hydrogen-bond donors (Lipinski definition) is 1. The quantitative estimate of drug-likeness (QED) is 0.312. The van der Waals surface area contributed by atoms with Crippen LogP contribution in [0, 0.1) is 0 Å². The number of furan rings is 1. The van der Waals surface area contributed by atoms with Crippen molar-refractivity contribution in [2.75, 3.05) is 53.5 Å². The molecule has 1 aliphatic rings. The van der Waals surface area contributed by atoms with E-state index in [1.54, 1.807) is 26.4 Å². The number of nitrogens with zero attached hydrogens (tertiary/aromatic N) is 3. The highest BCUT2D eigenvalue weighted by atomic mass is 127. The average Bonchev–Trinajstić information content (AvgIpc) is 3.36. The Bertz CT molecular complexity index is 923. The van der Waals surface area contributed by atoms with Gasteiger partial charge in [0, 0.05) is 38.1 Å². The minimum Gasteiger partial charge on any atom is -0.493 e. The minimum absolute atomic E-state index is 0. The third-order valence-corrected chi connectivity index (χ3v) is 5.72. The van der Waals surface area contributed by atoms with Gasteiger partial charge < -0.3 is 29.0 Å². The molecule has 1 fully saturated rings. The van der Waals surface area contributed by atoms with Gasteiger partial charge in [0.05, 0.1) is 27.0 Å². The Morgan fingerprint density at radius 1 is 1.09 bits per heavy atom.